The zero-order valence-corrected chi connectivity index (χ0v) is 29.3. The standard InChI is InChI=1S/C37H49N5O7/c1-21(2)31-33(44)39-24(6)34(45)42-19-7-8-29(41-42)32(43)38-23(5)28-12-11-26-10-9-25(20-30(26)40-28)13-16-37(36(47)49-31)17-14-27(15-18-37)48-35(46)22(3)4/h9-13,16,20-24,27,29,31,41H,7-8,14-15,17-19H2,1-6H3,(H,38,43)(H,39,44)/b16-13+/t23-,24+,27-,29+,31+,37+/m1/s1. The largest absolute Gasteiger partial charge is 0.462 e. The molecule has 5 rings (SSSR count). The molecule has 3 heterocycles. The van der Waals surface area contributed by atoms with E-state index in [4.69, 9.17) is 14.5 Å². The van der Waals surface area contributed by atoms with Crippen molar-refractivity contribution in [2.75, 3.05) is 6.54 Å². The molecule has 1 aromatic carbocycles. The lowest BCUT2D eigenvalue weighted by atomic mass is 9.72. The molecule has 49 heavy (non-hydrogen) atoms. The third-order valence-corrected chi connectivity index (χ3v) is 9.72. The first-order valence-electron chi connectivity index (χ1n) is 17.5. The summed E-state index contributed by atoms with van der Waals surface area (Å²) in [6.07, 6.45) is 4.99. The minimum atomic E-state index is -1.16. The molecule has 5 bridgehead atoms. The Bertz CT molecular complexity index is 1610. The van der Waals surface area contributed by atoms with Gasteiger partial charge in [0.1, 0.15) is 18.2 Å². The van der Waals surface area contributed by atoms with Gasteiger partial charge in [-0.3, -0.25) is 34.0 Å². The lowest BCUT2D eigenvalue weighted by molar-refractivity contribution is -0.170. The fourth-order valence-electron chi connectivity index (χ4n) is 6.55. The molecule has 12 heteroatoms. The van der Waals surface area contributed by atoms with Crippen molar-refractivity contribution in [2.45, 2.75) is 110 Å². The SMILES string of the molecule is CC(C)C(=O)O[C@H]1CC[C@]2(/C=C/c3ccc4ccc(nc4c3)[C@@H](C)NC(=O)[C@@H]3CCCN(N3)C(=O)[C@H](C)NC(=O)[C@H](C(C)C)OC2=O)CC1. The summed E-state index contributed by atoms with van der Waals surface area (Å²) in [6, 6.07) is 7.68. The van der Waals surface area contributed by atoms with Crippen molar-refractivity contribution in [1.29, 1.82) is 0 Å². The number of carbonyl (C=O) groups is 5. The molecule has 264 valence electrons. The monoisotopic (exact) mass is 675 g/mol. The molecule has 1 aliphatic carbocycles. The molecule has 2 aliphatic heterocycles. The number of nitrogens with one attached hydrogen (secondary N) is 3. The molecule has 12 nitrogen and oxygen atoms in total. The summed E-state index contributed by atoms with van der Waals surface area (Å²) in [5.74, 6) is -2.71. The number of ether oxygens (including phenoxy) is 2. The maximum atomic E-state index is 14.2. The van der Waals surface area contributed by atoms with E-state index in [1.807, 2.05) is 49.4 Å². The molecule has 2 aromatic rings. The predicted molar refractivity (Wildman–Crippen MR) is 183 cm³/mol. The van der Waals surface area contributed by atoms with Crippen LogP contribution in [0, 0.1) is 17.3 Å². The van der Waals surface area contributed by atoms with Gasteiger partial charge in [0.15, 0.2) is 6.10 Å². The number of fused-ring (bicyclic) bond motifs is 4. The Morgan fingerprint density at radius 2 is 1.65 bits per heavy atom. The molecule has 2 fully saturated rings. The van der Waals surface area contributed by atoms with Gasteiger partial charge in [-0.25, -0.2) is 5.43 Å². The van der Waals surface area contributed by atoms with E-state index in [0.717, 1.165) is 16.5 Å². The van der Waals surface area contributed by atoms with E-state index in [-0.39, 0.29) is 29.8 Å². The number of nitrogens with zero attached hydrogens (tertiary/aromatic N) is 2. The summed E-state index contributed by atoms with van der Waals surface area (Å²) in [5, 5.41) is 8.07. The van der Waals surface area contributed by atoms with Gasteiger partial charge in [-0.05, 0) is 76.0 Å². The van der Waals surface area contributed by atoms with Crippen molar-refractivity contribution in [3.8, 4) is 0 Å². The normalized spacial score (nSPS) is 29.5. The van der Waals surface area contributed by atoms with Crippen LogP contribution < -0.4 is 16.1 Å². The van der Waals surface area contributed by atoms with Crippen molar-refractivity contribution in [1.82, 2.24) is 26.1 Å². The average Bonchev–Trinajstić information content (AvgIpc) is 3.08. The third kappa shape index (κ3) is 8.29. The van der Waals surface area contributed by atoms with Gasteiger partial charge >= 0.3 is 11.9 Å². The Labute approximate surface area is 287 Å². The van der Waals surface area contributed by atoms with Crippen LogP contribution in [0.5, 0.6) is 0 Å². The number of hydrogen-bond acceptors (Lipinski definition) is 9. The predicted octanol–water partition coefficient (Wildman–Crippen LogP) is 4.14. The van der Waals surface area contributed by atoms with Crippen molar-refractivity contribution >= 4 is 46.6 Å². The second-order valence-corrected chi connectivity index (χ2v) is 14.3. The van der Waals surface area contributed by atoms with E-state index in [2.05, 4.69) is 16.1 Å². The molecular weight excluding hydrogens is 626 g/mol. The van der Waals surface area contributed by atoms with Gasteiger partial charge in [0.05, 0.1) is 28.6 Å². The first-order valence-corrected chi connectivity index (χ1v) is 17.5. The number of hydrazine groups is 1. The Balaban J connectivity index is 1.51. The van der Waals surface area contributed by atoms with Crippen LogP contribution in [-0.4, -0.2) is 70.5 Å². The molecule has 1 saturated carbocycles. The van der Waals surface area contributed by atoms with Gasteiger partial charge in [0, 0.05) is 11.9 Å². The zero-order valence-electron chi connectivity index (χ0n) is 29.3. The van der Waals surface area contributed by atoms with E-state index in [1.165, 1.54) is 5.01 Å². The van der Waals surface area contributed by atoms with Crippen LogP contribution in [0.2, 0.25) is 0 Å². The fourth-order valence-corrected chi connectivity index (χ4v) is 6.55. The van der Waals surface area contributed by atoms with E-state index in [1.54, 1.807) is 34.6 Å². The number of esters is 2. The summed E-state index contributed by atoms with van der Waals surface area (Å²) in [5.41, 5.74) is 4.19. The number of carbonyl (C=O) groups excluding carboxylic acids is 5. The summed E-state index contributed by atoms with van der Waals surface area (Å²) in [7, 11) is 0. The molecule has 0 radical (unpaired) electrons. The molecule has 1 aromatic heterocycles. The molecule has 3 amide bonds. The molecule has 3 N–H and O–H groups in total. The fraction of sp³-hybridized carbons (Fsp3) is 0.568. The van der Waals surface area contributed by atoms with Crippen LogP contribution in [0.3, 0.4) is 0 Å². The highest BCUT2D eigenvalue weighted by Gasteiger charge is 2.44. The highest BCUT2D eigenvalue weighted by molar-refractivity contribution is 5.92. The quantitative estimate of drug-likeness (QED) is 0.407. The van der Waals surface area contributed by atoms with Crippen LogP contribution in [0.4, 0.5) is 0 Å². The van der Waals surface area contributed by atoms with Gasteiger partial charge in [-0.1, -0.05) is 58.0 Å². The number of pyridine rings is 1. The van der Waals surface area contributed by atoms with E-state index in [9.17, 15) is 24.0 Å². The summed E-state index contributed by atoms with van der Waals surface area (Å²) in [6.45, 7) is 10.9. The highest BCUT2D eigenvalue weighted by Crippen LogP contribution is 2.41. The van der Waals surface area contributed by atoms with Crippen LogP contribution >= 0.6 is 0 Å². The van der Waals surface area contributed by atoms with Gasteiger partial charge in [-0.15, -0.1) is 0 Å². The Morgan fingerprint density at radius 1 is 0.959 bits per heavy atom. The molecule has 1 saturated heterocycles. The minimum Gasteiger partial charge on any atom is -0.462 e. The van der Waals surface area contributed by atoms with Crippen LogP contribution in [0.15, 0.2) is 36.4 Å². The van der Waals surface area contributed by atoms with Gasteiger partial charge in [-0.2, -0.15) is 0 Å². The lowest BCUT2D eigenvalue weighted by Crippen LogP contribution is -2.61. The topological polar surface area (TPSA) is 156 Å². The first kappa shape index (κ1) is 36.0. The van der Waals surface area contributed by atoms with Gasteiger partial charge < -0.3 is 20.1 Å². The zero-order chi connectivity index (χ0) is 35.5. The Kier molecular flexibility index (Phi) is 11.1. The Hall–Kier alpha value is -4.32. The molecule has 0 unspecified atom stereocenters. The summed E-state index contributed by atoms with van der Waals surface area (Å²) < 4.78 is 11.7. The van der Waals surface area contributed by atoms with Crippen LogP contribution in [0.25, 0.3) is 17.0 Å². The maximum Gasteiger partial charge on any atom is 0.316 e. The van der Waals surface area contributed by atoms with E-state index >= 15 is 0 Å². The second kappa shape index (κ2) is 15.1. The van der Waals surface area contributed by atoms with E-state index < -0.39 is 47.4 Å². The summed E-state index contributed by atoms with van der Waals surface area (Å²) in [4.78, 5) is 71.7. The summed E-state index contributed by atoms with van der Waals surface area (Å²) >= 11 is 0. The average molecular weight is 676 g/mol. The van der Waals surface area contributed by atoms with Gasteiger partial charge in [0.25, 0.3) is 11.8 Å². The number of benzene rings is 1. The molecule has 4 atom stereocenters. The highest BCUT2D eigenvalue weighted by atomic mass is 16.6. The number of aromatic nitrogens is 1. The molecule has 3 aliphatic rings. The van der Waals surface area contributed by atoms with Crippen molar-refractivity contribution in [3.05, 3.63) is 47.7 Å². The van der Waals surface area contributed by atoms with Crippen molar-refractivity contribution in [2.24, 2.45) is 17.3 Å². The number of hydrogen-bond donors (Lipinski definition) is 3. The minimum absolute atomic E-state index is 0.253. The number of cyclic esters (lactones) is 1. The Morgan fingerprint density at radius 3 is 2.35 bits per heavy atom. The third-order valence-electron chi connectivity index (χ3n) is 9.72. The van der Waals surface area contributed by atoms with Crippen molar-refractivity contribution in [3.63, 3.8) is 0 Å². The van der Waals surface area contributed by atoms with Crippen molar-refractivity contribution < 1.29 is 33.4 Å². The van der Waals surface area contributed by atoms with Crippen LogP contribution in [-0.2, 0) is 33.4 Å². The van der Waals surface area contributed by atoms with Crippen LogP contribution in [0.1, 0.15) is 97.4 Å². The molecule has 1 spiro atoms. The number of amides is 3. The maximum absolute atomic E-state index is 14.2. The molecular formula is C37H49N5O7. The smallest absolute Gasteiger partial charge is 0.316 e. The number of rotatable bonds is 3. The van der Waals surface area contributed by atoms with Gasteiger partial charge in [0.2, 0.25) is 5.91 Å². The first-order chi connectivity index (χ1) is 23.3. The second-order valence-electron chi connectivity index (χ2n) is 14.3. The van der Waals surface area contributed by atoms with E-state index in [0.29, 0.717) is 50.8 Å². The lowest BCUT2D eigenvalue weighted by Gasteiger charge is -2.37.